The highest BCUT2D eigenvalue weighted by Gasteiger charge is 2.40. The maximum Gasteiger partial charge on any atom is 0.255 e. The highest BCUT2D eigenvalue weighted by Crippen LogP contribution is 2.46. The van der Waals surface area contributed by atoms with Crippen molar-refractivity contribution in [3.05, 3.63) is 94.0 Å². The second-order valence-corrected chi connectivity index (χ2v) is 10.1. The fourth-order valence-electron chi connectivity index (χ4n) is 5.25. The lowest BCUT2D eigenvalue weighted by atomic mass is 9.93. The zero-order chi connectivity index (χ0) is 24.4. The molecule has 5 heteroatoms. The van der Waals surface area contributed by atoms with E-state index in [1.807, 2.05) is 18.2 Å². The Bertz CT molecular complexity index is 1340. The number of ether oxygens (including phenoxy) is 1. The average molecular weight is 531 g/mol. The van der Waals surface area contributed by atoms with Crippen LogP contribution in [0.1, 0.15) is 53.7 Å². The van der Waals surface area contributed by atoms with Crippen LogP contribution in [0.25, 0.3) is 22.2 Å². The van der Waals surface area contributed by atoms with Crippen LogP contribution in [0.2, 0.25) is 0 Å². The van der Waals surface area contributed by atoms with E-state index >= 15 is 0 Å². The number of aryl methyl sites for hydroxylation is 1. The van der Waals surface area contributed by atoms with Crippen molar-refractivity contribution >= 4 is 32.7 Å². The zero-order valence-electron chi connectivity index (χ0n) is 20.3. The molecule has 0 N–H and O–H groups in total. The highest BCUT2D eigenvalue weighted by atomic mass is 79.9. The monoisotopic (exact) mass is 530 g/mol. The fourth-order valence-corrected chi connectivity index (χ4v) is 5.52. The molecular weight excluding hydrogens is 500 g/mol. The van der Waals surface area contributed by atoms with Gasteiger partial charge in [-0.3, -0.25) is 4.79 Å². The molecule has 1 aromatic heterocycles. The van der Waals surface area contributed by atoms with Gasteiger partial charge >= 0.3 is 0 Å². The van der Waals surface area contributed by atoms with Gasteiger partial charge in [-0.2, -0.15) is 0 Å². The first-order valence-electron chi connectivity index (χ1n) is 12.4. The first-order chi connectivity index (χ1) is 17.1. The highest BCUT2D eigenvalue weighted by molar-refractivity contribution is 9.10. The van der Waals surface area contributed by atoms with E-state index in [1.165, 1.54) is 16.5 Å². The van der Waals surface area contributed by atoms with Crippen LogP contribution in [0.15, 0.2) is 77.3 Å². The third-order valence-electron chi connectivity index (χ3n) is 6.93. The number of carbonyl (C=O) groups excluding carboxylic acids is 1. The number of fused-ring (bicyclic) bond motifs is 2. The molecular formula is C30H31BrN2O2. The molecule has 0 bridgehead atoms. The minimum atomic E-state index is -0.140. The Balaban J connectivity index is 1.62. The van der Waals surface area contributed by atoms with E-state index in [1.54, 1.807) is 0 Å². The molecule has 1 atom stereocenters. The van der Waals surface area contributed by atoms with Crippen LogP contribution in [0.5, 0.6) is 0 Å². The van der Waals surface area contributed by atoms with E-state index in [-0.39, 0.29) is 11.9 Å². The molecule has 3 aromatic carbocycles. The number of carbonyl (C=O) groups is 1. The van der Waals surface area contributed by atoms with Crippen molar-refractivity contribution < 1.29 is 9.53 Å². The Labute approximate surface area is 215 Å². The average Bonchev–Trinajstić information content (AvgIpc) is 3.33. The third-order valence-corrected chi connectivity index (χ3v) is 7.45. The number of amides is 1. The molecule has 5 rings (SSSR count). The zero-order valence-corrected chi connectivity index (χ0v) is 21.9. The van der Waals surface area contributed by atoms with Gasteiger partial charge in [-0.15, -0.1) is 0 Å². The predicted octanol–water partition coefficient (Wildman–Crippen LogP) is 7.36. The summed E-state index contributed by atoms with van der Waals surface area (Å²) in [6, 6.07) is 24.9. The number of hydrogen-bond acceptors (Lipinski definition) is 2. The van der Waals surface area contributed by atoms with Gasteiger partial charge in [0.05, 0.1) is 11.7 Å². The molecule has 0 aliphatic carbocycles. The maximum absolute atomic E-state index is 13.7. The van der Waals surface area contributed by atoms with E-state index in [9.17, 15) is 4.79 Å². The second kappa shape index (κ2) is 10.4. The first kappa shape index (κ1) is 23.8. The molecule has 0 saturated carbocycles. The number of unbranched alkanes of at least 4 members (excludes halogenated alkanes) is 1. The minimum absolute atomic E-state index is 0.105. The van der Waals surface area contributed by atoms with Gasteiger partial charge in [0.15, 0.2) is 0 Å². The van der Waals surface area contributed by atoms with Gasteiger partial charge in [0.1, 0.15) is 0 Å². The van der Waals surface area contributed by atoms with Crippen LogP contribution >= 0.6 is 15.9 Å². The molecule has 4 nitrogen and oxygen atoms in total. The molecule has 0 fully saturated rings. The Morgan fingerprint density at radius 2 is 1.63 bits per heavy atom. The predicted molar refractivity (Wildman–Crippen MR) is 146 cm³/mol. The SMILES string of the molecule is CCCCOCCCN1C(=O)c2ccccc2[C@H]1c1c(-c2ccc(Br)cc2)n(C)c2ccccc12. The van der Waals surface area contributed by atoms with Gasteiger partial charge in [-0.1, -0.05) is 77.8 Å². The summed E-state index contributed by atoms with van der Waals surface area (Å²) >= 11 is 3.57. The van der Waals surface area contributed by atoms with Crippen molar-refractivity contribution in [1.29, 1.82) is 0 Å². The molecule has 2 heterocycles. The van der Waals surface area contributed by atoms with Crippen molar-refractivity contribution in [2.45, 2.75) is 32.2 Å². The minimum Gasteiger partial charge on any atom is -0.381 e. The van der Waals surface area contributed by atoms with Crippen molar-refractivity contribution in [3.63, 3.8) is 0 Å². The van der Waals surface area contributed by atoms with E-state index in [0.29, 0.717) is 13.2 Å². The molecule has 0 unspecified atom stereocenters. The standard InChI is InChI=1S/C30H31BrN2O2/c1-3-4-19-35-20-9-18-33-29(23-10-5-6-11-24(23)30(33)34)27-25-12-7-8-13-26(25)32(2)28(27)21-14-16-22(31)17-15-21/h5-8,10-17,29H,3-4,9,18-20H2,1-2H3/t29-/m0/s1. The van der Waals surface area contributed by atoms with Crippen LogP contribution in [0, 0.1) is 0 Å². The van der Waals surface area contributed by atoms with Gasteiger partial charge in [0, 0.05) is 53.3 Å². The molecule has 0 spiro atoms. The molecule has 1 amide bonds. The lowest BCUT2D eigenvalue weighted by Crippen LogP contribution is -2.30. The maximum atomic E-state index is 13.7. The summed E-state index contributed by atoms with van der Waals surface area (Å²) in [5.74, 6) is 0.105. The number of aromatic nitrogens is 1. The summed E-state index contributed by atoms with van der Waals surface area (Å²) in [6.45, 7) is 4.28. The number of hydrogen-bond donors (Lipinski definition) is 0. The first-order valence-corrected chi connectivity index (χ1v) is 13.2. The van der Waals surface area contributed by atoms with E-state index in [4.69, 9.17) is 4.74 Å². The van der Waals surface area contributed by atoms with E-state index in [2.05, 4.69) is 94.0 Å². The topological polar surface area (TPSA) is 34.5 Å². The summed E-state index contributed by atoms with van der Waals surface area (Å²) in [6.07, 6.45) is 3.02. The van der Waals surface area contributed by atoms with Gasteiger partial charge in [-0.25, -0.2) is 0 Å². The van der Waals surface area contributed by atoms with Crippen LogP contribution in [-0.4, -0.2) is 35.1 Å². The number of para-hydroxylation sites is 1. The summed E-state index contributed by atoms with van der Waals surface area (Å²) in [5, 5.41) is 1.19. The summed E-state index contributed by atoms with van der Waals surface area (Å²) in [7, 11) is 2.12. The lowest BCUT2D eigenvalue weighted by molar-refractivity contribution is 0.0709. The Morgan fingerprint density at radius 1 is 0.914 bits per heavy atom. The Morgan fingerprint density at radius 3 is 2.43 bits per heavy atom. The molecule has 1 aliphatic rings. The van der Waals surface area contributed by atoms with Crippen molar-refractivity contribution in [2.75, 3.05) is 19.8 Å². The normalized spacial score (nSPS) is 15.2. The van der Waals surface area contributed by atoms with Crippen LogP contribution in [0.4, 0.5) is 0 Å². The van der Waals surface area contributed by atoms with Crippen LogP contribution < -0.4 is 0 Å². The van der Waals surface area contributed by atoms with Gasteiger partial charge < -0.3 is 14.2 Å². The largest absolute Gasteiger partial charge is 0.381 e. The van der Waals surface area contributed by atoms with Crippen LogP contribution in [0.3, 0.4) is 0 Å². The van der Waals surface area contributed by atoms with Gasteiger partial charge in [-0.05, 0) is 48.2 Å². The number of benzene rings is 3. The second-order valence-electron chi connectivity index (χ2n) is 9.15. The molecule has 0 radical (unpaired) electrons. The van der Waals surface area contributed by atoms with E-state index < -0.39 is 0 Å². The van der Waals surface area contributed by atoms with E-state index in [0.717, 1.165) is 52.7 Å². The Kier molecular flexibility index (Phi) is 7.07. The summed E-state index contributed by atoms with van der Waals surface area (Å²) in [5.41, 5.74) is 6.54. The van der Waals surface area contributed by atoms with Crippen LogP contribution in [-0.2, 0) is 11.8 Å². The lowest BCUT2D eigenvalue weighted by Gasteiger charge is -2.27. The Hall–Kier alpha value is -2.89. The summed E-state index contributed by atoms with van der Waals surface area (Å²) in [4.78, 5) is 15.7. The smallest absolute Gasteiger partial charge is 0.255 e. The molecule has 35 heavy (non-hydrogen) atoms. The molecule has 0 saturated heterocycles. The fraction of sp³-hybridized carbons (Fsp3) is 0.300. The number of rotatable bonds is 9. The molecule has 4 aromatic rings. The number of halogens is 1. The van der Waals surface area contributed by atoms with Crippen molar-refractivity contribution in [2.24, 2.45) is 7.05 Å². The van der Waals surface area contributed by atoms with Gasteiger partial charge in [0.2, 0.25) is 0 Å². The quantitative estimate of drug-likeness (QED) is 0.212. The third kappa shape index (κ3) is 4.43. The molecule has 1 aliphatic heterocycles. The van der Waals surface area contributed by atoms with Gasteiger partial charge in [0.25, 0.3) is 5.91 Å². The van der Waals surface area contributed by atoms with Crippen molar-refractivity contribution in [3.8, 4) is 11.3 Å². The van der Waals surface area contributed by atoms with Crippen molar-refractivity contribution in [1.82, 2.24) is 9.47 Å². The number of nitrogens with zero attached hydrogens (tertiary/aromatic N) is 2. The summed E-state index contributed by atoms with van der Waals surface area (Å²) < 4.78 is 9.14. The molecule has 180 valence electrons.